The minimum absolute atomic E-state index is 0. The van der Waals surface area contributed by atoms with E-state index in [1.165, 1.54) is 94.9 Å². The van der Waals surface area contributed by atoms with Crippen molar-refractivity contribution in [2.75, 3.05) is 0 Å². The van der Waals surface area contributed by atoms with Crippen LogP contribution >= 0.6 is 23.2 Å². The molecule has 4 fully saturated rings. The van der Waals surface area contributed by atoms with Crippen molar-refractivity contribution in [3.05, 3.63) is 62.6 Å². The summed E-state index contributed by atoms with van der Waals surface area (Å²) >= 11 is 13.4. The van der Waals surface area contributed by atoms with E-state index in [4.69, 9.17) is 32.7 Å². The zero-order valence-corrected chi connectivity index (χ0v) is 43.3. The molecule has 0 spiro atoms. The van der Waals surface area contributed by atoms with Crippen LogP contribution in [0.5, 0.6) is 11.5 Å². The maximum Gasteiger partial charge on any atom is 0.339 e. The first-order valence-electron chi connectivity index (χ1n) is 24.2. The van der Waals surface area contributed by atoms with Crippen LogP contribution in [0.25, 0.3) is 5.57 Å². The molecule has 2 N–H and O–H groups in total. The van der Waals surface area contributed by atoms with Crippen molar-refractivity contribution in [2.24, 2.45) is 58.2 Å². The minimum Gasteiger partial charge on any atom is -0.478 e. The minimum atomic E-state index is -1.33. The van der Waals surface area contributed by atoms with Crippen LogP contribution in [0, 0.1) is 58.2 Å². The van der Waals surface area contributed by atoms with Gasteiger partial charge >= 0.3 is 23.9 Å². The largest absolute Gasteiger partial charge is 0.478 e. The predicted octanol–water partition coefficient (Wildman–Crippen LogP) is 14.4. The van der Waals surface area contributed by atoms with Gasteiger partial charge in [-0.3, -0.25) is 9.59 Å². The van der Waals surface area contributed by atoms with E-state index in [-0.39, 0.29) is 75.1 Å². The van der Waals surface area contributed by atoms with Crippen molar-refractivity contribution in [3.63, 3.8) is 0 Å². The zero-order valence-electron chi connectivity index (χ0n) is 39.8. The molecule has 0 aliphatic heterocycles. The van der Waals surface area contributed by atoms with E-state index in [0.717, 1.165) is 48.3 Å². The number of benzene rings is 2. The monoisotopic (exact) mass is 929 g/mol. The first-order valence-corrected chi connectivity index (χ1v) is 24.9. The summed E-state index contributed by atoms with van der Waals surface area (Å²) in [6.07, 6.45) is 20.7. The molecule has 4 aliphatic rings. The number of halogens is 2. The molecule has 4 aliphatic carbocycles. The third-order valence-corrected chi connectivity index (χ3v) is 17.0. The molecular formula is C53H72Cl2NaO8. The molecule has 64 heavy (non-hydrogen) atoms. The van der Waals surface area contributed by atoms with Gasteiger partial charge < -0.3 is 19.7 Å². The van der Waals surface area contributed by atoms with Crippen molar-refractivity contribution >= 4 is 82.2 Å². The van der Waals surface area contributed by atoms with Crippen LogP contribution < -0.4 is 9.47 Å². The second-order valence-corrected chi connectivity index (χ2v) is 21.6. The van der Waals surface area contributed by atoms with Crippen LogP contribution in [0.4, 0.5) is 0 Å². The average Bonchev–Trinajstić information content (AvgIpc) is 3.58. The van der Waals surface area contributed by atoms with Crippen LogP contribution in [0.1, 0.15) is 196 Å². The van der Waals surface area contributed by atoms with E-state index >= 15 is 0 Å². The Morgan fingerprint density at radius 2 is 1.30 bits per heavy atom. The van der Waals surface area contributed by atoms with Gasteiger partial charge in [0, 0.05) is 42.4 Å². The van der Waals surface area contributed by atoms with Crippen LogP contribution in [-0.2, 0) is 9.59 Å². The van der Waals surface area contributed by atoms with Crippen molar-refractivity contribution in [1.29, 1.82) is 0 Å². The Morgan fingerprint density at radius 1 is 0.750 bits per heavy atom. The van der Waals surface area contributed by atoms with Gasteiger partial charge in [-0.1, -0.05) is 97.0 Å². The second kappa shape index (κ2) is 22.6. The number of carboxylic acid groups (broad SMARTS) is 2. The number of fused-ring (bicyclic) bond motifs is 5. The number of hydrogen-bond donors (Lipinski definition) is 2. The topological polar surface area (TPSA) is 127 Å². The molecule has 0 unspecified atom stereocenters. The third kappa shape index (κ3) is 11.5. The van der Waals surface area contributed by atoms with Gasteiger partial charge in [-0.2, -0.15) is 0 Å². The molecule has 0 bridgehead atoms. The molecule has 347 valence electrons. The average molecular weight is 931 g/mol. The summed E-state index contributed by atoms with van der Waals surface area (Å²) in [7, 11) is 0. The molecule has 0 heterocycles. The fourth-order valence-corrected chi connectivity index (χ4v) is 13.8. The molecule has 0 amide bonds. The predicted molar refractivity (Wildman–Crippen MR) is 257 cm³/mol. The van der Waals surface area contributed by atoms with Gasteiger partial charge in [-0.25, -0.2) is 9.59 Å². The first kappa shape index (κ1) is 52.6. The number of rotatable bonds is 18. The Kier molecular flexibility index (Phi) is 18.6. The number of carbonyl (C=O) groups is 4. The summed E-state index contributed by atoms with van der Waals surface area (Å²) in [6, 6.07) is 5.88. The zero-order chi connectivity index (χ0) is 45.8. The van der Waals surface area contributed by atoms with E-state index in [1.54, 1.807) is 0 Å². The number of hydrogen-bond acceptors (Lipinski definition) is 6. The summed E-state index contributed by atoms with van der Waals surface area (Å²) in [5.41, 5.74) is 1.57. The van der Waals surface area contributed by atoms with Gasteiger partial charge in [0.1, 0.15) is 11.1 Å². The number of carbonyl (C=O) groups excluding carboxylic acids is 2. The Hall–Kier alpha value is -2.36. The summed E-state index contributed by atoms with van der Waals surface area (Å²) in [5.74, 6) is 1.81. The van der Waals surface area contributed by atoms with Gasteiger partial charge in [0.05, 0.1) is 10.0 Å². The van der Waals surface area contributed by atoms with E-state index in [1.807, 2.05) is 19.9 Å². The number of aromatic carboxylic acids is 2. The molecule has 0 saturated heterocycles. The number of allylic oxidation sites excluding steroid dienone is 1. The summed E-state index contributed by atoms with van der Waals surface area (Å²) < 4.78 is 10.9. The van der Waals surface area contributed by atoms with Crippen molar-refractivity contribution in [2.45, 2.75) is 164 Å². The van der Waals surface area contributed by atoms with E-state index < -0.39 is 23.9 Å². The van der Waals surface area contributed by atoms with Gasteiger partial charge in [0.25, 0.3) is 0 Å². The number of ether oxygens (including phenoxy) is 2. The molecule has 4 saturated carbocycles. The fourth-order valence-electron chi connectivity index (χ4n) is 13.3. The molecule has 9 atom stereocenters. The Bertz CT molecular complexity index is 1960. The smallest absolute Gasteiger partial charge is 0.339 e. The quantitative estimate of drug-likeness (QED) is 0.0859. The van der Waals surface area contributed by atoms with E-state index in [9.17, 15) is 29.4 Å². The van der Waals surface area contributed by atoms with Crippen LogP contribution in [0.3, 0.4) is 0 Å². The first-order chi connectivity index (χ1) is 29.9. The van der Waals surface area contributed by atoms with Gasteiger partial charge in [-0.05, 0) is 183 Å². The maximum atomic E-state index is 12.6. The van der Waals surface area contributed by atoms with Crippen molar-refractivity contribution < 1.29 is 38.9 Å². The number of carboxylic acids is 2. The molecular weight excluding hydrogens is 858 g/mol. The number of esters is 2. The molecule has 11 heteroatoms. The summed E-state index contributed by atoms with van der Waals surface area (Å²) in [5, 5.41) is 20.4. The Labute approximate surface area is 414 Å². The van der Waals surface area contributed by atoms with Gasteiger partial charge in [0.2, 0.25) is 0 Å². The van der Waals surface area contributed by atoms with Crippen molar-refractivity contribution in [3.8, 4) is 11.5 Å². The van der Waals surface area contributed by atoms with Crippen LogP contribution in [-0.4, -0.2) is 63.6 Å². The van der Waals surface area contributed by atoms with Gasteiger partial charge in [-0.15, -0.1) is 0 Å². The molecule has 6 rings (SSSR count). The summed E-state index contributed by atoms with van der Waals surface area (Å²) in [4.78, 5) is 50.2. The molecule has 0 aromatic heterocycles. The Balaban J connectivity index is 0.00000771. The molecule has 2 aromatic carbocycles. The molecule has 2 aromatic rings. The van der Waals surface area contributed by atoms with E-state index in [2.05, 4.69) is 34.6 Å². The molecule has 8 nitrogen and oxygen atoms in total. The molecule has 1 radical (unpaired) electrons. The third-order valence-electron chi connectivity index (χ3n) is 16.4. The normalized spacial score (nSPS) is 27.6. The SMILES string of the molecule is CCCC(=O)Oc1c(Cl)cc(C(=CCC[C@H]2CC[C@@]3(C)[C@@H](CC[C@@H]4[C@@H]3CC[C@]3(C)[C@@H]([C@H](C)CCCC(C)C)CC[C@@H]43)C2)c2cc(Cl)c(OC(=O)CCC)c(C(=O)O)c2)cc1C(=O)O.[Na]. The van der Waals surface area contributed by atoms with E-state index in [0.29, 0.717) is 58.6 Å². The summed E-state index contributed by atoms with van der Waals surface area (Å²) in [6.45, 7) is 16.2. The fraction of sp³-hybridized carbons (Fsp3) is 0.660. The van der Waals surface area contributed by atoms with Crippen molar-refractivity contribution in [1.82, 2.24) is 0 Å². The maximum absolute atomic E-state index is 12.6. The standard InChI is InChI=1S/C53H72Cl2O8.Na/c1-8-12-46(56)62-48-39(50(58)59)27-34(29-44(48)54)37(35-28-40(51(60)61)49(45(55)30-35)63-47(57)13-9-2)17-11-16-33-22-24-52(6)36(26-33)18-19-38-42-21-20-41(32(5)15-10-14-31(3)4)53(42,7)25-23-43(38)52;/h17,27-33,36,38,41-43H,8-16,18-26H2,1-7H3,(H,58,59)(H,60,61);/t32-,33+,36+,38+,41-,42+,43+,52+,53-;/m1./s1. The van der Waals surface area contributed by atoms with Crippen LogP contribution in [0.2, 0.25) is 10.0 Å². The Morgan fingerprint density at radius 3 is 1.83 bits per heavy atom. The second-order valence-electron chi connectivity index (χ2n) is 20.8. The van der Waals surface area contributed by atoms with Gasteiger partial charge in [0.15, 0.2) is 11.5 Å². The van der Waals surface area contributed by atoms with Crippen LogP contribution in [0.15, 0.2) is 30.3 Å².